The Morgan fingerprint density at radius 2 is 1.62 bits per heavy atom. The first-order chi connectivity index (χ1) is 10.3. The summed E-state index contributed by atoms with van der Waals surface area (Å²) in [6.07, 6.45) is 8.46. The van der Waals surface area contributed by atoms with Crippen LogP contribution in [0.25, 0.3) is 0 Å². The van der Waals surface area contributed by atoms with Gasteiger partial charge in [0.1, 0.15) is 0 Å². The highest BCUT2D eigenvalue weighted by molar-refractivity contribution is 5.11. The Bertz CT molecular complexity index is 461. The van der Waals surface area contributed by atoms with E-state index < -0.39 is 0 Å². The smallest absolute Gasteiger partial charge is 0.0547 e. The highest BCUT2D eigenvalue weighted by Gasteiger charge is 2.29. The highest BCUT2D eigenvalue weighted by Crippen LogP contribution is 2.34. The molecule has 1 aromatic rings. The second-order valence-corrected chi connectivity index (χ2v) is 7.36. The molecule has 0 bridgehead atoms. The lowest BCUT2D eigenvalue weighted by Gasteiger charge is -2.22. The molecule has 3 fully saturated rings. The fraction of sp³-hybridized carbons (Fsp3) is 0.722. The molecule has 0 aromatic carbocycles. The zero-order chi connectivity index (χ0) is 14.1. The Labute approximate surface area is 128 Å². The first kappa shape index (κ1) is 13.7. The van der Waals surface area contributed by atoms with E-state index in [1.807, 2.05) is 0 Å². The van der Waals surface area contributed by atoms with Gasteiger partial charge in [0.2, 0.25) is 0 Å². The van der Waals surface area contributed by atoms with Crippen molar-refractivity contribution < 1.29 is 0 Å². The molecular weight excluding hydrogens is 258 g/mol. The predicted molar refractivity (Wildman–Crippen MR) is 84.8 cm³/mol. The van der Waals surface area contributed by atoms with E-state index in [1.165, 1.54) is 63.0 Å². The maximum Gasteiger partial charge on any atom is 0.0547 e. The lowest BCUT2D eigenvalue weighted by Crippen LogP contribution is -2.28. The van der Waals surface area contributed by atoms with Crippen LogP contribution in [0.3, 0.4) is 0 Å². The number of hydrogen-bond donors (Lipinski definition) is 1. The van der Waals surface area contributed by atoms with Crippen LogP contribution in [0.1, 0.15) is 49.9 Å². The molecule has 1 heterocycles. The molecule has 3 aliphatic carbocycles. The standard InChI is InChI=1S/C18H27N3/c1-2-17(10-19-16-8-9-16)20-18(3-1)13-21(11-14-4-5-14)12-15-6-7-15/h1-3,14-16,19H,4-13H2. The quantitative estimate of drug-likeness (QED) is 0.756. The van der Waals surface area contributed by atoms with Crippen molar-refractivity contribution in [2.24, 2.45) is 11.8 Å². The Balaban J connectivity index is 1.34. The monoisotopic (exact) mass is 285 g/mol. The molecule has 114 valence electrons. The van der Waals surface area contributed by atoms with E-state index in [2.05, 4.69) is 28.4 Å². The minimum atomic E-state index is 0.761. The largest absolute Gasteiger partial charge is 0.308 e. The maximum absolute atomic E-state index is 4.86. The number of aromatic nitrogens is 1. The number of nitrogens with zero attached hydrogens (tertiary/aromatic N) is 2. The van der Waals surface area contributed by atoms with Crippen molar-refractivity contribution in [3.8, 4) is 0 Å². The molecular formula is C18H27N3. The molecule has 0 amide bonds. The molecule has 21 heavy (non-hydrogen) atoms. The third-order valence-corrected chi connectivity index (χ3v) is 4.83. The lowest BCUT2D eigenvalue weighted by atomic mass is 10.2. The lowest BCUT2D eigenvalue weighted by molar-refractivity contribution is 0.241. The van der Waals surface area contributed by atoms with Gasteiger partial charge < -0.3 is 5.32 Å². The van der Waals surface area contributed by atoms with Gasteiger partial charge in [0.15, 0.2) is 0 Å². The number of nitrogens with one attached hydrogen (secondary N) is 1. The van der Waals surface area contributed by atoms with E-state index in [9.17, 15) is 0 Å². The Hall–Kier alpha value is -0.930. The van der Waals surface area contributed by atoms with Crippen molar-refractivity contribution in [2.45, 2.75) is 57.7 Å². The van der Waals surface area contributed by atoms with Gasteiger partial charge in [-0.25, -0.2) is 0 Å². The molecule has 0 spiro atoms. The van der Waals surface area contributed by atoms with E-state index in [0.29, 0.717) is 0 Å². The molecule has 0 atom stereocenters. The Kier molecular flexibility index (Phi) is 3.95. The second kappa shape index (κ2) is 6.05. The summed E-state index contributed by atoms with van der Waals surface area (Å²) >= 11 is 0. The van der Waals surface area contributed by atoms with Crippen molar-refractivity contribution in [1.29, 1.82) is 0 Å². The summed E-state index contributed by atoms with van der Waals surface area (Å²) in [7, 11) is 0. The van der Waals surface area contributed by atoms with Crippen LogP contribution in [-0.2, 0) is 13.1 Å². The van der Waals surface area contributed by atoms with Gasteiger partial charge in [-0.3, -0.25) is 9.88 Å². The molecule has 3 nitrogen and oxygen atoms in total. The van der Waals surface area contributed by atoms with E-state index in [-0.39, 0.29) is 0 Å². The summed E-state index contributed by atoms with van der Waals surface area (Å²) in [6, 6.07) is 7.30. The summed E-state index contributed by atoms with van der Waals surface area (Å²) in [6.45, 7) is 4.57. The molecule has 3 heteroatoms. The molecule has 1 aromatic heterocycles. The molecule has 0 saturated heterocycles. The van der Waals surface area contributed by atoms with Crippen molar-refractivity contribution >= 4 is 0 Å². The number of rotatable bonds is 9. The molecule has 4 rings (SSSR count). The third kappa shape index (κ3) is 4.52. The molecule has 0 unspecified atom stereocenters. The van der Waals surface area contributed by atoms with Gasteiger partial charge in [0, 0.05) is 32.2 Å². The van der Waals surface area contributed by atoms with Gasteiger partial charge >= 0.3 is 0 Å². The minimum absolute atomic E-state index is 0.761. The first-order valence-electron chi connectivity index (χ1n) is 8.76. The van der Waals surface area contributed by atoms with Crippen molar-refractivity contribution in [1.82, 2.24) is 15.2 Å². The van der Waals surface area contributed by atoms with E-state index in [1.54, 1.807) is 0 Å². The van der Waals surface area contributed by atoms with Crippen molar-refractivity contribution in [3.63, 3.8) is 0 Å². The van der Waals surface area contributed by atoms with Crippen molar-refractivity contribution in [3.05, 3.63) is 29.6 Å². The topological polar surface area (TPSA) is 28.2 Å². The van der Waals surface area contributed by atoms with Crippen LogP contribution in [-0.4, -0.2) is 29.0 Å². The summed E-state index contributed by atoms with van der Waals surface area (Å²) in [4.78, 5) is 7.53. The number of hydrogen-bond acceptors (Lipinski definition) is 3. The average molecular weight is 285 g/mol. The van der Waals surface area contributed by atoms with Crippen LogP contribution in [0.15, 0.2) is 18.2 Å². The Morgan fingerprint density at radius 3 is 2.24 bits per heavy atom. The first-order valence-corrected chi connectivity index (χ1v) is 8.76. The van der Waals surface area contributed by atoms with Crippen molar-refractivity contribution in [2.75, 3.05) is 13.1 Å². The SMILES string of the molecule is c1cc(CNC2CC2)nc(CN(CC2CC2)CC2CC2)c1. The molecule has 1 N–H and O–H groups in total. The zero-order valence-corrected chi connectivity index (χ0v) is 12.9. The zero-order valence-electron chi connectivity index (χ0n) is 12.9. The minimum Gasteiger partial charge on any atom is -0.308 e. The summed E-state index contributed by atoms with van der Waals surface area (Å²) in [5.41, 5.74) is 2.46. The van der Waals surface area contributed by atoms with Gasteiger partial charge in [-0.05, 0) is 62.5 Å². The summed E-state index contributed by atoms with van der Waals surface area (Å²) < 4.78 is 0. The average Bonchev–Trinajstić information content (AvgIpc) is 3.34. The van der Waals surface area contributed by atoms with Crippen LogP contribution >= 0.6 is 0 Å². The van der Waals surface area contributed by atoms with Crippen LogP contribution < -0.4 is 5.32 Å². The van der Waals surface area contributed by atoms with Gasteiger partial charge in [0.05, 0.1) is 11.4 Å². The van der Waals surface area contributed by atoms with E-state index >= 15 is 0 Å². The fourth-order valence-corrected chi connectivity index (χ4v) is 3.02. The van der Waals surface area contributed by atoms with Gasteiger partial charge in [-0.2, -0.15) is 0 Å². The highest BCUT2D eigenvalue weighted by atomic mass is 15.1. The van der Waals surface area contributed by atoms with E-state index in [0.717, 1.165) is 31.0 Å². The van der Waals surface area contributed by atoms with Crippen LogP contribution in [0, 0.1) is 11.8 Å². The van der Waals surface area contributed by atoms with Crippen LogP contribution in [0.5, 0.6) is 0 Å². The summed E-state index contributed by atoms with van der Waals surface area (Å²) in [5.74, 6) is 1.95. The maximum atomic E-state index is 4.86. The van der Waals surface area contributed by atoms with Gasteiger partial charge in [0.25, 0.3) is 0 Å². The molecule has 3 saturated carbocycles. The normalized spacial score (nSPS) is 22.0. The fourth-order valence-electron chi connectivity index (χ4n) is 3.02. The van der Waals surface area contributed by atoms with Crippen LogP contribution in [0.4, 0.5) is 0 Å². The Morgan fingerprint density at radius 1 is 0.952 bits per heavy atom. The van der Waals surface area contributed by atoms with Gasteiger partial charge in [-0.1, -0.05) is 6.07 Å². The second-order valence-electron chi connectivity index (χ2n) is 7.36. The third-order valence-electron chi connectivity index (χ3n) is 4.83. The van der Waals surface area contributed by atoms with Gasteiger partial charge in [-0.15, -0.1) is 0 Å². The molecule has 3 aliphatic rings. The van der Waals surface area contributed by atoms with E-state index in [4.69, 9.17) is 4.98 Å². The summed E-state index contributed by atoms with van der Waals surface area (Å²) in [5, 5.41) is 3.56. The molecule has 0 aliphatic heterocycles. The van der Waals surface area contributed by atoms with Crippen LogP contribution in [0.2, 0.25) is 0 Å². The number of pyridine rings is 1. The predicted octanol–water partition coefficient (Wildman–Crippen LogP) is 2.96. The molecule has 0 radical (unpaired) electrons.